The van der Waals surface area contributed by atoms with Gasteiger partial charge in [-0.25, -0.2) is 0 Å². The Kier molecular flexibility index (Phi) is 12.9. The van der Waals surface area contributed by atoms with Gasteiger partial charge in [-0.3, -0.25) is 0 Å². The topological polar surface area (TPSA) is 256 Å². The second kappa shape index (κ2) is 17.3. The van der Waals surface area contributed by atoms with Crippen LogP contribution in [0.15, 0.2) is 11.6 Å². The fourth-order valence-corrected chi connectivity index (χ4v) is 14.0. The second-order valence-corrected chi connectivity index (χ2v) is 21.1. The molecule has 4 aliphatic carbocycles. The summed E-state index contributed by atoms with van der Waals surface area (Å²) in [7, 11) is 0. The lowest BCUT2D eigenvalue weighted by Crippen LogP contribution is -2.67. The molecule has 3 saturated carbocycles. The van der Waals surface area contributed by atoms with E-state index < -0.39 is 117 Å². The van der Waals surface area contributed by atoms with Gasteiger partial charge in [-0.2, -0.15) is 0 Å². The van der Waals surface area contributed by atoms with Crippen LogP contribution in [0.4, 0.5) is 0 Å². The molecule has 0 aromatic rings. The Balaban J connectivity index is 0.941. The number of hydrogen-bond acceptors (Lipinski definition) is 17. The number of ether oxygens (including phenoxy) is 8. The van der Waals surface area contributed by atoms with E-state index in [1.54, 1.807) is 0 Å². The van der Waals surface area contributed by atoms with Crippen molar-refractivity contribution >= 4 is 0 Å². The van der Waals surface area contributed by atoms with Gasteiger partial charge in [-0.05, 0) is 98.7 Å². The molecule has 0 radical (unpaired) electrons. The van der Waals surface area contributed by atoms with Gasteiger partial charge in [-0.15, -0.1) is 0 Å². The Morgan fingerprint density at radius 2 is 1.34 bits per heavy atom. The molecule has 5 saturated heterocycles. The molecule has 3 unspecified atom stereocenters. The van der Waals surface area contributed by atoms with E-state index in [4.69, 9.17) is 37.9 Å². The van der Waals surface area contributed by atoms with Gasteiger partial charge in [0, 0.05) is 12.3 Å². The van der Waals surface area contributed by atoms with Crippen LogP contribution < -0.4 is 0 Å². The van der Waals surface area contributed by atoms with E-state index in [1.807, 2.05) is 0 Å². The van der Waals surface area contributed by atoms with Crippen LogP contribution in [0.5, 0.6) is 0 Å². The van der Waals surface area contributed by atoms with Crippen LogP contribution >= 0.6 is 0 Å². The van der Waals surface area contributed by atoms with Crippen molar-refractivity contribution in [1.82, 2.24) is 0 Å². The molecule has 8 fully saturated rings. The van der Waals surface area contributed by atoms with Crippen molar-refractivity contribution in [2.24, 2.45) is 46.3 Å². The van der Waals surface area contributed by atoms with Crippen molar-refractivity contribution in [3.05, 3.63) is 11.6 Å². The lowest BCUT2D eigenvalue weighted by molar-refractivity contribution is -0.394. The number of rotatable bonds is 8. The van der Waals surface area contributed by atoms with Gasteiger partial charge in [0.05, 0.1) is 38.1 Å². The quantitative estimate of drug-likeness (QED) is 0.148. The maximum absolute atomic E-state index is 11.6. The van der Waals surface area contributed by atoms with Crippen molar-refractivity contribution in [1.29, 1.82) is 0 Å². The van der Waals surface area contributed by atoms with Crippen molar-refractivity contribution in [3.8, 4) is 0 Å². The summed E-state index contributed by atoms with van der Waals surface area (Å²) in [4.78, 5) is 0. The zero-order chi connectivity index (χ0) is 44.2. The molecule has 62 heavy (non-hydrogen) atoms. The molecule has 9 N–H and O–H groups in total. The third-order valence-corrected chi connectivity index (χ3v) is 17.7. The lowest BCUT2D eigenvalue weighted by atomic mass is 9.47. The van der Waals surface area contributed by atoms with E-state index in [2.05, 4.69) is 33.8 Å². The van der Waals surface area contributed by atoms with Crippen LogP contribution in [0.2, 0.25) is 0 Å². The maximum atomic E-state index is 11.6. The van der Waals surface area contributed by atoms with Crippen LogP contribution in [0, 0.1) is 46.3 Å². The fraction of sp³-hybridized carbons (Fsp3) is 0.956. The molecular weight excluding hydrogens is 812 g/mol. The average molecular weight is 885 g/mol. The minimum atomic E-state index is -1.83. The minimum Gasteiger partial charge on any atom is -0.394 e. The zero-order valence-electron chi connectivity index (χ0n) is 36.6. The Labute approximate surface area is 363 Å². The highest BCUT2D eigenvalue weighted by molar-refractivity contribution is 5.26. The highest BCUT2D eigenvalue weighted by Crippen LogP contribution is 2.70. The Morgan fingerprint density at radius 3 is 2.03 bits per heavy atom. The second-order valence-electron chi connectivity index (χ2n) is 21.1. The molecule has 0 aromatic carbocycles. The third kappa shape index (κ3) is 7.49. The maximum Gasteiger partial charge on any atom is 0.187 e. The predicted molar refractivity (Wildman–Crippen MR) is 214 cm³/mol. The highest BCUT2D eigenvalue weighted by Gasteiger charge is 2.69. The van der Waals surface area contributed by atoms with E-state index in [0.717, 1.165) is 51.6 Å². The van der Waals surface area contributed by atoms with Gasteiger partial charge >= 0.3 is 0 Å². The Bertz CT molecular complexity index is 1610. The fourth-order valence-electron chi connectivity index (χ4n) is 14.0. The monoisotopic (exact) mass is 884 g/mol. The van der Waals surface area contributed by atoms with Crippen molar-refractivity contribution < 1.29 is 83.9 Å². The van der Waals surface area contributed by atoms with Crippen molar-refractivity contribution in [2.75, 3.05) is 19.8 Å². The predicted octanol–water partition coefficient (Wildman–Crippen LogP) is 0.214. The molecule has 354 valence electrons. The SMILES string of the molecule is C[C@@H]1CC[C@@]2(OC1)O[C@H]1CC3[C@@H]4CC=C5C[C@@H](O[C@@H]6O[C@H](CO)[C@@H](O)[C@H](O[C@@H]7O[C@@H](C)[C@H](O)[C@@H](O)[C@H]7O)[C@H]6O[C@@H]6O[C@H](CO)[C@@H](O)[C@H](O)[C@H]6O)CC[C@]5(C)C4CC[C@]3(C)C1[C@@H]2C. The number of aliphatic hydroxyl groups excluding tert-OH is 9. The van der Waals surface area contributed by atoms with Crippen molar-refractivity contribution in [2.45, 2.75) is 203 Å². The molecule has 26 atom stereocenters. The molecule has 17 nitrogen and oxygen atoms in total. The summed E-state index contributed by atoms with van der Waals surface area (Å²) in [5.41, 5.74) is 1.45. The summed E-state index contributed by atoms with van der Waals surface area (Å²) in [5, 5.41) is 95.8. The molecule has 0 amide bonds. The summed E-state index contributed by atoms with van der Waals surface area (Å²) in [6, 6.07) is 0. The summed E-state index contributed by atoms with van der Waals surface area (Å²) in [6.45, 7) is 10.4. The molecule has 1 spiro atoms. The number of hydrogen-bond donors (Lipinski definition) is 9. The summed E-state index contributed by atoms with van der Waals surface area (Å²) in [6.07, 6.45) is -12.4. The summed E-state index contributed by atoms with van der Waals surface area (Å²) < 4.78 is 50.3. The van der Waals surface area contributed by atoms with Gasteiger partial charge in [0.15, 0.2) is 24.7 Å². The van der Waals surface area contributed by atoms with Crippen LogP contribution in [0.1, 0.15) is 92.4 Å². The van der Waals surface area contributed by atoms with Gasteiger partial charge in [0.25, 0.3) is 0 Å². The first kappa shape index (κ1) is 46.2. The van der Waals surface area contributed by atoms with Crippen LogP contribution in [0.3, 0.4) is 0 Å². The van der Waals surface area contributed by atoms with E-state index in [0.29, 0.717) is 48.3 Å². The van der Waals surface area contributed by atoms with E-state index in [-0.39, 0.29) is 16.9 Å². The zero-order valence-corrected chi connectivity index (χ0v) is 36.6. The Hall–Kier alpha value is -0.940. The van der Waals surface area contributed by atoms with E-state index in [9.17, 15) is 46.0 Å². The lowest BCUT2D eigenvalue weighted by Gasteiger charge is -2.59. The van der Waals surface area contributed by atoms with E-state index in [1.165, 1.54) is 12.5 Å². The van der Waals surface area contributed by atoms with Gasteiger partial charge in [0.2, 0.25) is 0 Å². The van der Waals surface area contributed by atoms with Crippen LogP contribution in [-0.4, -0.2) is 176 Å². The number of fused-ring (bicyclic) bond motifs is 7. The molecule has 9 aliphatic rings. The van der Waals surface area contributed by atoms with Gasteiger partial charge < -0.3 is 83.9 Å². The summed E-state index contributed by atoms with van der Waals surface area (Å²) >= 11 is 0. The standard InChI is InChI=1S/C45H72O17/c1-19-8-13-45(55-18-19)20(2)30-27(62-45)15-26-24-7-6-22-14-23(9-11-43(22,4)25(24)10-12-44(26,30)5)57-42-39(61-41-37(54)35(52)32(49)28(16-46)58-41)38(33(50)29(17-47)59-42)60-40-36(53)34(51)31(48)21(3)56-40/h6,19-21,23-42,46-54H,7-18H2,1-5H3/t19-,20+,21+,23+,24-,25?,26?,27+,28-,29-,30?,31+,32-,33-,34-,35+,36-,37-,38+,39-,40+,41+,42-,43+,44+,45-/m1/s1. The van der Waals surface area contributed by atoms with Crippen LogP contribution in [-0.2, 0) is 37.9 Å². The molecule has 9 rings (SSSR count). The highest BCUT2D eigenvalue weighted by atomic mass is 16.8. The molecule has 0 aromatic heterocycles. The third-order valence-electron chi connectivity index (χ3n) is 17.7. The van der Waals surface area contributed by atoms with Gasteiger partial charge in [-0.1, -0.05) is 39.3 Å². The first-order valence-corrected chi connectivity index (χ1v) is 23.4. The largest absolute Gasteiger partial charge is 0.394 e. The van der Waals surface area contributed by atoms with Gasteiger partial charge in [0.1, 0.15) is 67.1 Å². The van der Waals surface area contributed by atoms with Crippen molar-refractivity contribution in [3.63, 3.8) is 0 Å². The summed E-state index contributed by atoms with van der Waals surface area (Å²) in [5.74, 6) is 2.51. The smallest absolute Gasteiger partial charge is 0.187 e. The number of allylic oxidation sites excluding steroid dienone is 1. The average Bonchev–Trinajstić information content (AvgIpc) is 3.70. The minimum absolute atomic E-state index is 0.0518. The molecule has 5 heterocycles. The normalized spacial score (nSPS) is 57.6. The molecule has 17 heteroatoms. The van der Waals surface area contributed by atoms with Crippen LogP contribution in [0.25, 0.3) is 0 Å². The Morgan fingerprint density at radius 1 is 0.677 bits per heavy atom. The molecule has 5 aliphatic heterocycles. The number of aliphatic hydroxyl groups is 9. The van der Waals surface area contributed by atoms with E-state index >= 15 is 0 Å². The first-order chi connectivity index (χ1) is 29.4. The molecule has 0 bridgehead atoms. The first-order valence-electron chi connectivity index (χ1n) is 23.4. The molecular formula is C45H72O17.